The summed E-state index contributed by atoms with van der Waals surface area (Å²) in [5.41, 5.74) is 0. The molecule has 2 saturated heterocycles. The van der Waals surface area contributed by atoms with E-state index in [1.54, 1.807) is 29.2 Å². The lowest BCUT2D eigenvalue weighted by atomic mass is 10.2. The van der Waals surface area contributed by atoms with Gasteiger partial charge in [-0.05, 0) is 43.2 Å². The number of pyridine rings is 1. The van der Waals surface area contributed by atoms with Crippen LogP contribution in [0.5, 0.6) is 17.4 Å². The first kappa shape index (κ1) is 24.2. The Morgan fingerprint density at radius 2 is 1.74 bits per heavy atom. The number of sulfonamides is 1. The molecule has 2 aliphatic rings. The minimum absolute atomic E-state index is 0.0436. The SMILES string of the molecule is COCCOC(=O)N1[C@@H]2CC[C@H]1CN(S(=O)(=O)c1ccc(Oc3ccc(OCF)cc3)nc1)C2. The highest BCUT2D eigenvalue weighted by Crippen LogP contribution is 2.33. The lowest BCUT2D eigenvalue weighted by Gasteiger charge is -2.39. The average Bonchev–Trinajstić information content (AvgIpc) is 3.10. The molecular weight excluding hydrogens is 469 g/mol. The van der Waals surface area contributed by atoms with Gasteiger partial charge in [-0.15, -0.1) is 0 Å². The van der Waals surface area contributed by atoms with Crippen molar-refractivity contribution < 1.29 is 36.6 Å². The number of hydrogen-bond donors (Lipinski definition) is 0. The summed E-state index contributed by atoms with van der Waals surface area (Å²) in [6.07, 6.45) is 2.25. The summed E-state index contributed by atoms with van der Waals surface area (Å²) in [6.45, 7) is -0.0653. The molecule has 2 atom stereocenters. The van der Waals surface area contributed by atoms with Gasteiger partial charge >= 0.3 is 6.09 Å². The third-order valence-electron chi connectivity index (χ3n) is 5.79. The Morgan fingerprint density at radius 3 is 2.32 bits per heavy atom. The summed E-state index contributed by atoms with van der Waals surface area (Å²) < 4.78 is 60.5. The Morgan fingerprint density at radius 1 is 1.06 bits per heavy atom. The third-order valence-corrected chi connectivity index (χ3v) is 7.60. The first-order valence-corrected chi connectivity index (χ1v) is 12.2. The van der Waals surface area contributed by atoms with E-state index < -0.39 is 23.0 Å². The van der Waals surface area contributed by atoms with Gasteiger partial charge < -0.3 is 18.9 Å². The monoisotopic (exact) mass is 495 g/mol. The summed E-state index contributed by atoms with van der Waals surface area (Å²) in [6, 6.07) is 8.72. The maximum Gasteiger partial charge on any atom is 0.410 e. The fourth-order valence-electron chi connectivity index (χ4n) is 4.16. The van der Waals surface area contributed by atoms with Crippen LogP contribution in [-0.2, 0) is 19.5 Å². The van der Waals surface area contributed by atoms with E-state index in [9.17, 15) is 17.6 Å². The number of piperazine rings is 1. The predicted octanol–water partition coefficient (Wildman–Crippen LogP) is 2.80. The number of hydrogen-bond acceptors (Lipinski definition) is 8. The Kier molecular flexibility index (Phi) is 7.49. The minimum atomic E-state index is -3.79. The van der Waals surface area contributed by atoms with Crippen molar-refractivity contribution in [1.29, 1.82) is 0 Å². The number of nitrogens with zero attached hydrogens (tertiary/aromatic N) is 3. The molecule has 1 amide bonds. The summed E-state index contributed by atoms with van der Waals surface area (Å²) in [5, 5.41) is 0. The van der Waals surface area contributed by atoms with Crippen LogP contribution in [0, 0.1) is 0 Å². The molecule has 0 radical (unpaired) electrons. The highest BCUT2D eigenvalue weighted by Gasteiger charge is 2.46. The molecule has 10 nitrogen and oxygen atoms in total. The van der Waals surface area contributed by atoms with Crippen LogP contribution in [0.3, 0.4) is 0 Å². The quantitative estimate of drug-likeness (QED) is 0.489. The molecule has 0 unspecified atom stereocenters. The molecule has 0 spiro atoms. The van der Waals surface area contributed by atoms with E-state index in [-0.39, 0.29) is 42.6 Å². The predicted molar refractivity (Wildman–Crippen MR) is 118 cm³/mol. The maximum absolute atomic E-state index is 13.2. The number of halogens is 1. The Balaban J connectivity index is 1.39. The van der Waals surface area contributed by atoms with Gasteiger partial charge in [-0.2, -0.15) is 4.31 Å². The molecule has 0 aliphatic carbocycles. The second-order valence-corrected chi connectivity index (χ2v) is 9.82. The van der Waals surface area contributed by atoms with Crippen LogP contribution in [0.15, 0.2) is 47.5 Å². The van der Waals surface area contributed by atoms with Crippen LogP contribution in [0.2, 0.25) is 0 Å². The molecule has 0 N–H and O–H groups in total. The van der Waals surface area contributed by atoms with Gasteiger partial charge in [0.1, 0.15) is 23.0 Å². The van der Waals surface area contributed by atoms with E-state index >= 15 is 0 Å². The molecule has 4 rings (SSSR count). The zero-order valence-electron chi connectivity index (χ0n) is 18.6. The number of benzene rings is 1. The standard InChI is InChI=1S/C22H26FN3O7S/c1-30-10-11-31-22(27)26-16-2-3-17(26)14-25(13-16)34(28,29)20-8-9-21(24-12-20)33-19-6-4-18(5-7-19)32-15-23/h4-9,12,16-17H,2-3,10-11,13-15H2,1H3/t16-,17+. The normalized spacial score (nSPS) is 20.2. The number of carbonyl (C=O) groups excluding carboxylic acids is 1. The molecule has 1 aromatic carbocycles. The van der Waals surface area contributed by atoms with Gasteiger partial charge in [0.25, 0.3) is 0 Å². The van der Waals surface area contributed by atoms with Gasteiger partial charge in [0.15, 0.2) is 0 Å². The van der Waals surface area contributed by atoms with Gasteiger partial charge in [0, 0.05) is 38.3 Å². The van der Waals surface area contributed by atoms with Crippen molar-refractivity contribution in [3.05, 3.63) is 42.6 Å². The van der Waals surface area contributed by atoms with Gasteiger partial charge in [-0.25, -0.2) is 22.6 Å². The van der Waals surface area contributed by atoms with Crippen molar-refractivity contribution in [2.24, 2.45) is 0 Å². The molecule has 2 aromatic rings. The number of alkyl halides is 1. The Hall–Kier alpha value is -2.96. The fraction of sp³-hybridized carbons (Fsp3) is 0.455. The van der Waals surface area contributed by atoms with Gasteiger partial charge in [-0.1, -0.05) is 0 Å². The number of fused-ring (bicyclic) bond motifs is 2. The molecule has 2 bridgehead atoms. The molecule has 2 fully saturated rings. The van der Waals surface area contributed by atoms with Crippen molar-refractivity contribution in [3.63, 3.8) is 0 Å². The summed E-state index contributed by atoms with van der Waals surface area (Å²) in [7, 11) is -2.27. The summed E-state index contributed by atoms with van der Waals surface area (Å²) in [5.74, 6) is 1.02. The number of aromatic nitrogens is 1. The minimum Gasteiger partial charge on any atom is -0.463 e. The molecule has 0 saturated carbocycles. The fourth-order valence-corrected chi connectivity index (χ4v) is 5.62. The maximum atomic E-state index is 13.2. The number of ether oxygens (including phenoxy) is 4. The highest BCUT2D eigenvalue weighted by atomic mass is 32.2. The lowest BCUT2D eigenvalue weighted by molar-refractivity contribution is 0.0436. The lowest BCUT2D eigenvalue weighted by Crippen LogP contribution is -2.57. The van der Waals surface area contributed by atoms with E-state index in [2.05, 4.69) is 4.98 Å². The van der Waals surface area contributed by atoms with Crippen molar-refractivity contribution in [2.75, 3.05) is 40.3 Å². The van der Waals surface area contributed by atoms with E-state index in [0.717, 1.165) is 12.8 Å². The molecule has 1 aromatic heterocycles. The first-order chi connectivity index (χ1) is 16.4. The van der Waals surface area contributed by atoms with E-state index in [4.69, 9.17) is 18.9 Å². The number of amides is 1. The van der Waals surface area contributed by atoms with E-state index in [1.807, 2.05) is 0 Å². The number of carbonyl (C=O) groups is 1. The third kappa shape index (κ3) is 5.24. The van der Waals surface area contributed by atoms with Crippen molar-refractivity contribution >= 4 is 16.1 Å². The molecule has 2 aliphatic heterocycles. The zero-order valence-corrected chi connectivity index (χ0v) is 19.4. The van der Waals surface area contributed by atoms with E-state index in [1.165, 1.54) is 29.7 Å². The summed E-state index contributed by atoms with van der Waals surface area (Å²) >= 11 is 0. The highest BCUT2D eigenvalue weighted by molar-refractivity contribution is 7.89. The van der Waals surface area contributed by atoms with Crippen LogP contribution in [0.1, 0.15) is 12.8 Å². The average molecular weight is 496 g/mol. The van der Waals surface area contributed by atoms with Crippen LogP contribution >= 0.6 is 0 Å². The van der Waals surface area contributed by atoms with Crippen LogP contribution in [0.4, 0.5) is 9.18 Å². The Bertz CT molecular complexity index is 1070. The van der Waals surface area contributed by atoms with Gasteiger partial charge in [0.2, 0.25) is 22.8 Å². The summed E-state index contributed by atoms with van der Waals surface area (Å²) in [4.78, 5) is 18.2. The molecule has 34 heavy (non-hydrogen) atoms. The number of methoxy groups -OCH3 is 1. The molecular formula is C22H26FN3O7S. The van der Waals surface area contributed by atoms with Crippen molar-refractivity contribution in [1.82, 2.24) is 14.2 Å². The van der Waals surface area contributed by atoms with Gasteiger partial charge in [0.05, 0.1) is 12.8 Å². The molecule has 184 valence electrons. The zero-order chi connectivity index (χ0) is 24.1. The van der Waals surface area contributed by atoms with Crippen LogP contribution in [0.25, 0.3) is 0 Å². The largest absolute Gasteiger partial charge is 0.463 e. The molecule has 3 heterocycles. The first-order valence-electron chi connectivity index (χ1n) is 10.8. The van der Waals surface area contributed by atoms with Crippen LogP contribution < -0.4 is 9.47 Å². The van der Waals surface area contributed by atoms with Crippen molar-refractivity contribution in [3.8, 4) is 17.4 Å². The molecule has 12 heteroatoms. The second kappa shape index (κ2) is 10.5. The second-order valence-electron chi connectivity index (χ2n) is 7.88. The Labute approximate surface area is 197 Å². The van der Waals surface area contributed by atoms with Gasteiger partial charge in [-0.3, -0.25) is 4.90 Å². The van der Waals surface area contributed by atoms with E-state index in [0.29, 0.717) is 18.1 Å². The smallest absolute Gasteiger partial charge is 0.410 e. The number of rotatable bonds is 9. The van der Waals surface area contributed by atoms with Crippen molar-refractivity contribution in [2.45, 2.75) is 29.8 Å². The topological polar surface area (TPSA) is 108 Å². The van der Waals surface area contributed by atoms with Crippen LogP contribution in [-0.4, -0.2) is 81.1 Å².